The van der Waals surface area contributed by atoms with Gasteiger partial charge in [-0.25, -0.2) is 0 Å². The highest BCUT2D eigenvalue weighted by Crippen LogP contribution is 2.30. The standard InChI is InChI=1S/C18H15S.C3H4O4/c1-4-10-16(11-5-1)19(17-12-6-2-7-13-17)18-14-8-3-9-15-18;4-2(5)1-3(6)7/h1-15H;1H2,(H,4,5)(H,6,7)/q+1;/p-1. The van der Waals surface area contributed by atoms with E-state index in [1.54, 1.807) is 0 Å². The maximum atomic E-state index is 9.39. The Bertz CT molecular complexity index is 714. The molecule has 132 valence electrons. The van der Waals surface area contributed by atoms with Crippen molar-refractivity contribution in [3.8, 4) is 0 Å². The van der Waals surface area contributed by atoms with Gasteiger partial charge in [-0.3, -0.25) is 4.79 Å². The number of carboxylic acid groups (broad SMARTS) is 2. The van der Waals surface area contributed by atoms with Crippen molar-refractivity contribution in [3.05, 3.63) is 91.0 Å². The molecule has 0 atom stereocenters. The summed E-state index contributed by atoms with van der Waals surface area (Å²) in [5.74, 6) is -2.94. The molecule has 0 amide bonds. The fraction of sp³-hybridized carbons (Fsp3) is 0.0476. The van der Waals surface area contributed by atoms with Crippen molar-refractivity contribution < 1.29 is 19.8 Å². The minimum atomic E-state index is -1.56. The molecule has 0 fully saturated rings. The summed E-state index contributed by atoms with van der Waals surface area (Å²) in [5.41, 5.74) is 0. The summed E-state index contributed by atoms with van der Waals surface area (Å²) < 4.78 is 0. The van der Waals surface area contributed by atoms with Crippen molar-refractivity contribution in [1.29, 1.82) is 0 Å². The van der Waals surface area contributed by atoms with Crippen molar-refractivity contribution in [3.63, 3.8) is 0 Å². The molecule has 0 saturated heterocycles. The van der Waals surface area contributed by atoms with E-state index in [9.17, 15) is 14.7 Å². The average molecular weight is 366 g/mol. The van der Waals surface area contributed by atoms with Gasteiger partial charge in [-0.05, 0) is 36.4 Å². The lowest BCUT2D eigenvalue weighted by molar-refractivity contribution is -0.305. The van der Waals surface area contributed by atoms with Crippen LogP contribution >= 0.6 is 0 Å². The fourth-order valence-corrected chi connectivity index (χ4v) is 4.31. The molecular weight excluding hydrogens is 348 g/mol. The van der Waals surface area contributed by atoms with Crippen LogP contribution in [-0.4, -0.2) is 17.0 Å². The Morgan fingerprint density at radius 1 is 0.692 bits per heavy atom. The van der Waals surface area contributed by atoms with E-state index in [2.05, 4.69) is 91.0 Å². The molecule has 26 heavy (non-hydrogen) atoms. The van der Waals surface area contributed by atoms with Gasteiger partial charge in [0, 0.05) is 0 Å². The first-order valence-electron chi connectivity index (χ1n) is 7.89. The minimum absolute atomic E-state index is 0.0146. The topological polar surface area (TPSA) is 77.4 Å². The maximum Gasteiger partial charge on any atom is 0.309 e. The lowest BCUT2D eigenvalue weighted by Crippen LogP contribution is -2.24. The highest BCUT2D eigenvalue weighted by atomic mass is 32.2. The first-order chi connectivity index (χ1) is 12.6. The third kappa shape index (κ3) is 6.11. The van der Waals surface area contributed by atoms with Gasteiger partial charge in [0.1, 0.15) is 0 Å². The number of carboxylic acids is 2. The van der Waals surface area contributed by atoms with E-state index >= 15 is 0 Å². The molecule has 3 aromatic carbocycles. The minimum Gasteiger partial charge on any atom is -0.550 e. The first kappa shape index (κ1) is 19.3. The van der Waals surface area contributed by atoms with E-state index in [0.29, 0.717) is 0 Å². The SMILES string of the molecule is O=C([O-])CC(=O)O.c1ccc([S+](c2ccccc2)c2ccccc2)cc1. The summed E-state index contributed by atoms with van der Waals surface area (Å²) in [6, 6.07) is 32.2. The number of carbonyl (C=O) groups is 2. The molecule has 3 aromatic rings. The zero-order valence-corrected chi connectivity index (χ0v) is 14.8. The number of aliphatic carboxylic acids is 2. The molecule has 0 saturated carbocycles. The Balaban J connectivity index is 0.000000298. The quantitative estimate of drug-likeness (QED) is 0.556. The largest absolute Gasteiger partial charge is 0.550 e. The van der Waals surface area contributed by atoms with Crippen LogP contribution in [0.25, 0.3) is 0 Å². The highest BCUT2D eigenvalue weighted by molar-refractivity contribution is 7.97. The summed E-state index contributed by atoms with van der Waals surface area (Å²) in [6.45, 7) is 0. The second-order valence-corrected chi connectivity index (χ2v) is 7.21. The van der Waals surface area contributed by atoms with E-state index in [0.717, 1.165) is 0 Å². The van der Waals surface area contributed by atoms with Gasteiger partial charge in [0.25, 0.3) is 0 Å². The summed E-state index contributed by atoms with van der Waals surface area (Å²) in [5, 5.41) is 17.0. The van der Waals surface area contributed by atoms with E-state index in [4.69, 9.17) is 5.11 Å². The van der Waals surface area contributed by atoms with Crippen LogP contribution in [0.1, 0.15) is 6.42 Å². The van der Waals surface area contributed by atoms with E-state index in [1.165, 1.54) is 14.7 Å². The predicted molar refractivity (Wildman–Crippen MR) is 98.7 cm³/mol. The second-order valence-electron chi connectivity index (χ2n) is 5.19. The molecule has 0 aliphatic rings. The van der Waals surface area contributed by atoms with Gasteiger partial charge in [0.2, 0.25) is 0 Å². The first-order valence-corrected chi connectivity index (χ1v) is 9.11. The molecule has 4 nitrogen and oxygen atoms in total. The zero-order valence-electron chi connectivity index (χ0n) is 13.9. The van der Waals surface area contributed by atoms with Crippen molar-refractivity contribution in [2.45, 2.75) is 21.1 Å². The van der Waals surface area contributed by atoms with Gasteiger partial charge < -0.3 is 15.0 Å². The van der Waals surface area contributed by atoms with Gasteiger partial charge in [-0.2, -0.15) is 0 Å². The molecular formula is C21H18O4S. The number of rotatable bonds is 5. The molecule has 0 aliphatic carbocycles. The Labute approximate surface area is 155 Å². The highest BCUT2D eigenvalue weighted by Gasteiger charge is 2.27. The monoisotopic (exact) mass is 366 g/mol. The maximum absolute atomic E-state index is 9.39. The smallest absolute Gasteiger partial charge is 0.309 e. The van der Waals surface area contributed by atoms with Crippen LogP contribution in [0.2, 0.25) is 0 Å². The van der Waals surface area contributed by atoms with Crippen LogP contribution in [0.4, 0.5) is 0 Å². The van der Waals surface area contributed by atoms with Crippen LogP contribution in [-0.2, 0) is 20.5 Å². The van der Waals surface area contributed by atoms with Gasteiger partial charge in [-0.1, -0.05) is 54.6 Å². The van der Waals surface area contributed by atoms with Crippen molar-refractivity contribution in [1.82, 2.24) is 0 Å². The van der Waals surface area contributed by atoms with E-state index < -0.39 is 18.4 Å². The second kappa shape index (κ2) is 10.1. The number of hydrogen-bond donors (Lipinski definition) is 1. The van der Waals surface area contributed by atoms with Gasteiger partial charge in [0.15, 0.2) is 14.7 Å². The Kier molecular flexibility index (Phi) is 7.46. The Morgan fingerprint density at radius 3 is 1.19 bits per heavy atom. The molecule has 3 rings (SSSR count). The molecule has 0 radical (unpaired) electrons. The molecule has 0 bridgehead atoms. The molecule has 5 heteroatoms. The zero-order chi connectivity index (χ0) is 18.8. The van der Waals surface area contributed by atoms with Gasteiger partial charge in [0.05, 0.1) is 23.3 Å². The van der Waals surface area contributed by atoms with Gasteiger partial charge >= 0.3 is 5.97 Å². The third-order valence-corrected chi connectivity index (χ3v) is 5.46. The summed E-state index contributed by atoms with van der Waals surface area (Å²) in [7, 11) is -0.0146. The van der Waals surface area contributed by atoms with Crippen LogP contribution in [0.15, 0.2) is 106 Å². The number of benzene rings is 3. The number of carbonyl (C=O) groups excluding carboxylic acids is 1. The van der Waals surface area contributed by atoms with Crippen LogP contribution in [0.3, 0.4) is 0 Å². The van der Waals surface area contributed by atoms with Crippen molar-refractivity contribution >= 4 is 22.8 Å². The lowest BCUT2D eigenvalue weighted by Gasteiger charge is -2.07. The molecule has 1 N–H and O–H groups in total. The van der Waals surface area contributed by atoms with E-state index in [-0.39, 0.29) is 10.9 Å². The molecule has 0 aromatic heterocycles. The summed E-state index contributed by atoms with van der Waals surface area (Å²) in [6.07, 6.45) is -0.917. The average Bonchev–Trinajstić information content (AvgIpc) is 2.64. The number of hydrogen-bond acceptors (Lipinski definition) is 3. The fourth-order valence-electron chi connectivity index (χ4n) is 2.20. The predicted octanol–water partition coefficient (Wildman–Crippen LogP) is 2.99. The van der Waals surface area contributed by atoms with Crippen molar-refractivity contribution in [2.75, 3.05) is 0 Å². The lowest BCUT2D eigenvalue weighted by atomic mass is 10.4. The third-order valence-electron chi connectivity index (χ3n) is 3.23. The molecule has 0 unspecified atom stereocenters. The van der Waals surface area contributed by atoms with Crippen molar-refractivity contribution in [2.24, 2.45) is 0 Å². The van der Waals surface area contributed by atoms with Gasteiger partial charge in [-0.15, -0.1) is 0 Å². The molecule has 0 spiro atoms. The molecule has 0 heterocycles. The van der Waals surface area contributed by atoms with Crippen LogP contribution in [0.5, 0.6) is 0 Å². The molecule has 0 aliphatic heterocycles. The van der Waals surface area contributed by atoms with E-state index in [1.807, 2.05) is 0 Å². The van der Waals surface area contributed by atoms with Crippen LogP contribution in [0, 0.1) is 0 Å². The van der Waals surface area contributed by atoms with Crippen LogP contribution < -0.4 is 5.11 Å². The Hall–Kier alpha value is -3.05. The summed E-state index contributed by atoms with van der Waals surface area (Å²) >= 11 is 0. The Morgan fingerprint density at radius 2 is 1.00 bits per heavy atom. The summed E-state index contributed by atoms with van der Waals surface area (Å²) in [4.78, 5) is 22.8. The normalized spacial score (nSPS) is 9.88.